The fourth-order valence-corrected chi connectivity index (χ4v) is 3.31. The molecule has 3 rings (SSSR count). The van der Waals surface area contributed by atoms with Gasteiger partial charge in [-0.1, -0.05) is 56.3 Å². The maximum atomic E-state index is 12.7. The SMILES string of the molecule is CC1(C)CN(C(=O)Cc2cccc3ccccc23)CCC1N. The standard InChI is InChI=1S/C19H24N2O/c1-19(2)13-21(11-10-17(19)20)18(22)12-15-8-5-7-14-6-3-4-9-16(14)15/h3-9,17H,10-13,20H2,1-2H3. The van der Waals surface area contributed by atoms with Crippen molar-refractivity contribution in [2.75, 3.05) is 13.1 Å². The van der Waals surface area contributed by atoms with Crippen molar-refractivity contribution < 1.29 is 4.79 Å². The Balaban J connectivity index is 1.79. The second-order valence-corrected chi connectivity index (χ2v) is 7.01. The smallest absolute Gasteiger partial charge is 0.227 e. The number of hydrogen-bond donors (Lipinski definition) is 1. The second-order valence-electron chi connectivity index (χ2n) is 7.01. The summed E-state index contributed by atoms with van der Waals surface area (Å²) in [6, 6.07) is 14.6. The van der Waals surface area contributed by atoms with Crippen LogP contribution in [0.4, 0.5) is 0 Å². The van der Waals surface area contributed by atoms with Gasteiger partial charge in [0.1, 0.15) is 0 Å². The van der Waals surface area contributed by atoms with Crippen molar-refractivity contribution in [2.45, 2.75) is 32.7 Å². The lowest BCUT2D eigenvalue weighted by molar-refractivity contribution is -0.133. The van der Waals surface area contributed by atoms with Gasteiger partial charge < -0.3 is 10.6 Å². The summed E-state index contributed by atoms with van der Waals surface area (Å²) >= 11 is 0. The molecule has 2 aromatic rings. The van der Waals surface area contributed by atoms with E-state index in [4.69, 9.17) is 5.73 Å². The normalized spacial score (nSPS) is 21.0. The quantitative estimate of drug-likeness (QED) is 0.926. The summed E-state index contributed by atoms with van der Waals surface area (Å²) in [6.07, 6.45) is 1.35. The van der Waals surface area contributed by atoms with Gasteiger partial charge in [-0.2, -0.15) is 0 Å². The summed E-state index contributed by atoms with van der Waals surface area (Å²) in [6.45, 7) is 5.82. The zero-order chi connectivity index (χ0) is 15.7. The van der Waals surface area contributed by atoms with E-state index in [1.165, 1.54) is 10.8 Å². The molecule has 1 fully saturated rings. The predicted molar refractivity (Wildman–Crippen MR) is 90.6 cm³/mol. The molecule has 1 saturated heterocycles. The topological polar surface area (TPSA) is 46.3 Å². The first-order chi connectivity index (χ1) is 10.5. The minimum atomic E-state index is -0.00728. The van der Waals surface area contributed by atoms with Gasteiger partial charge in [0, 0.05) is 19.1 Å². The van der Waals surface area contributed by atoms with Gasteiger partial charge in [0.25, 0.3) is 0 Å². The summed E-state index contributed by atoms with van der Waals surface area (Å²) in [4.78, 5) is 14.7. The van der Waals surface area contributed by atoms with Crippen molar-refractivity contribution in [3.05, 3.63) is 48.0 Å². The van der Waals surface area contributed by atoms with E-state index in [1.807, 2.05) is 23.1 Å². The maximum absolute atomic E-state index is 12.7. The van der Waals surface area contributed by atoms with E-state index in [0.29, 0.717) is 6.42 Å². The summed E-state index contributed by atoms with van der Waals surface area (Å²) in [7, 11) is 0. The van der Waals surface area contributed by atoms with Crippen molar-refractivity contribution in [2.24, 2.45) is 11.1 Å². The zero-order valence-electron chi connectivity index (χ0n) is 13.4. The molecular weight excluding hydrogens is 272 g/mol. The van der Waals surface area contributed by atoms with Gasteiger partial charge in [0.15, 0.2) is 0 Å². The third-order valence-electron chi connectivity index (χ3n) is 4.89. The number of hydrogen-bond acceptors (Lipinski definition) is 2. The van der Waals surface area contributed by atoms with Crippen LogP contribution in [0.3, 0.4) is 0 Å². The fourth-order valence-electron chi connectivity index (χ4n) is 3.31. The average molecular weight is 296 g/mol. The Hall–Kier alpha value is -1.87. The fraction of sp³-hybridized carbons (Fsp3) is 0.421. The van der Waals surface area contributed by atoms with Crippen molar-refractivity contribution in [1.29, 1.82) is 0 Å². The van der Waals surface area contributed by atoms with Crippen LogP contribution >= 0.6 is 0 Å². The number of amides is 1. The van der Waals surface area contributed by atoms with Gasteiger partial charge in [0.2, 0.25) is 5.91 Å². The van der Waals surface area contributed by atoms with Crippen LogP contribution in [0, 0.1) is 5.41 Å². The zero-order valence-corrected chi connectivity index (χ0v) is 13.4. The lowest BCUT2D eigenvalue weighted by atomic mass is 9.79. The third kappa shape index (κ3) is 2.86. The number of fused-ring (bicyclic) bond motifs is 1. The van der Waals surface area contributed by atoms with Crippen molar-refractivity contribution >= 4 is 16.7 Å². The number of piperidine rings is 1. The first kappa shape index (κ1) is 15.0. The highest BCUT2D eigenvalue weighted by Gasteiger charge is 2.35. The van der Waals surface area contributed by atoms with Crippen LogP contribution in [-0.2, 0) is 11.2 Å². The van der Waals surface area contributed by atoms with Crippen LogP contribution in [0.25, 0.3) is 10.8 Å². The highest BCUT2D eigenvalue weighted by atomic mass is 16.2. The number of benzene rings is 2. The van der Waals surface area contributed by atoms with E-state index in [1.54, 1.807) is 0 Å². The van der Waals surface area contributed by atoms with Crippen LogP contribution in [0.15, 0.2) is 42.5 Å². The molecule has 0 radical (unpaired) electrons. The molecule has 3 heteroatoms. The molecule has 0 spiro atoms. The molecule has 0 aliphatic carbocycles. The van der Waals surface area contributed by atoms with Crippen LogP contribution < -0.4 is 5.73 Å². The molecule has 1 unspecified atom stereocenters. The average Bonchev–Trinajstić information content (AvgIpc) is 2.50. The molecule has 0 saturated carbocycles. The molecule has 1 amide bonds. The number of likely N-dealkylation sites (tertiary alicyclic amines) is 1. The Morgan fingerprint density at radius 1 is 1.23 bits per heavy atom. The molecule has 2 N–H and O–H groups in total. The van der Waals surface area contributed by atoms with Crippen molar-refractivity contribution in [3.8, 4) is 0 Å². The Labute approximate surface area is 132 Å². The monoisotopic (exact) mass is 296 g/mol. The van der Waals surface area contributed by atoms with Crippen LogP contribution in [0.5, 0.6) is 0 Å². The predicted octanol–water partition coefficient (Wildman–Crippen LogP) is 2.97. The van der Waals surface area contributed by atoms with Gasteiger partial charge in [-0.15, -0.1) is 0 Å². The third-order valence-corrected chi connectivity index (χ3v) is 4.89. The van der Waals surface area contributed by atoms with Gasteiger partial charge in [0.05, 0.1) is 6.42 Å². The summed E-state index contributed by atoms with van der Waals surface area (Å²) in [5.41, 5.74) is 7.26. The molecular formula is C19H24N2O. The van der Waals surface area contributed by atoms with E-state index < -0.39 is 0 Å². The molecule has 1 aliphatic heterocycles. The van der Waals surface area contributed by atoms with E-state index in [0.717, 1.165) is 25.1 Å². The van der Waals surface area contributed by atoms with Gasteiger partial charge in [-0.3, -0.25) is 4.79 Å². The molecule has 1 heterocycles. The summed E-state index contributed by atoms with van der Waals surface area (Å²) < 4.78 is 0. The highest BCUT2D eigenvalue weighted by Crippen LogP contribution is 2.28. The Morgan fingerprint density at radius 3 is 2.73 bits per heavy atom. The van der Waals surface area contributed by atoms with Crippen molar-refractivity contribution in [3.63, 3.8) is 0 Å². The first-order valence-corrected chi connectivity index (χ1v) is 7.97. The van der Waals surface area contributed by atoms with Gasteiger partial charge in [-0.05, 0) is 28.2 Å². The van der Waals surface area contributed by atoms with Gasteiger partial charge >= 0.3 is 0 Å². The molecule has 22 heavy (non-hydrogen) atoms. The maximum Gasteiger partial charge on any atom is 0.227 e. The summed E-state index contributed by atoms with van der Waals surface area (Å²) in [5, 5.41) is 2.36. The van der Waals surface area contributed by atoms with E-state index in [9.17, 15) is 4.79 Å². The molecule has 116 valence electrons. The minimum absolute atomic E-state index is 0.00728. The lowest BCUT2D eigenvalue weighted by Crippen LogP contribution is -2.54. The lowest BCUT2D eigenvalue weighted by Gasteiger charge is -2.42. The van der Waals surface area contributed by atoms with Crippen LogP contribution in [-0.4, -0.2) is 29.9 Å². The molecule has 2 aromatic carbocycles. The van der Waals surface area contributed by atoms with Gasteiger partial charge in [-0.25, -0.2) is 0 Å². The van der Waals surface area contributed by atoms with Crippen LogP contribution in [0.2, 0.25) is 0 Å². The first-order valence-electron chi connectivity index (χ1n) is 7.97. The molecule has 1 atom stereocenters. The van der Waals surface area contributed by atoms with Crippen molar-refractivity contribution in [1.82, 2.24) is 4.90 Å². The highest BCUT2D eigenvalue weighted by molar-refractivity contribution is 5.90. The number of carbonyl (C=O) groups is 1. The number of rotatable bonds is 2. The number of nitrogens with two attached hydrogens (primary N) is 1. The largest absolute Gasteiger partial charge is 0.342 e. The van der Waals surface area contributed by atoms with Crippen LogP contribution in [0.1, 0.15) is 25.8 Å². The number of nitrogens with zero attached hydrogens (tertiary/aromatic N) is 1. The van der Waals surface area contributed by atoms with E-state index >= 15 is 0 Å². The molecule has 3 nitrogen and oxygen atoms in total. The Morgan fingerprint density at radius 2 is 1.95 bits per heavy atom. The minimum Gasteiger partial charge on any atom is -0.342 e. The second kappa shape index (κ2) is 5.73. The Bertz CT molecular complexity index is 687. The molecule has 0 aromatic heterocycles. The van der Waals surface area contributed by atoms with E-state index in [-0.39, 0.29) is 17.4 Å². The molecule has 1 aliphatic rings. The summed E-state index contributed by atoms with van der Waals surface area (Å²) in [5.74, 6) is 0.205. The Kier molecular flexibility index (Phi) is 3.92. The number of carbonyl (C=O) groups excluding carboxylic acids is 1. The van der Waals surface area contributed by atoms with E-state index in [2.05, 4.69) is 38.1 Å². The molecule has 0 bridgehead atoms.